The molecule has 0 radical (unpaired) electrons. The Hall–Kier alpha value is -3.37. The van der Waals surface area contributed by atoms with Crippen molar-refractivity contribution in [1.82, 2.24) is 9.97 Å². The van der Waals surface area contributed by atoms with Gasteiger partial charge in [0, 0.05) is 24.5 Å². The number of aromatic nitrogens is 2. The van der Waals surface area contributed by atoms with E-state index in [0.29, 0.717) is 42.0 Å². The van der Waals surface area contributed by atoms with Crippen molar-refractivity contribution >= 4 is 0 Å². The first-order valence-corrected chi connectivity index (χ1v) is 8.16. The maximum atomic E-state index is 14.2. The number of alkyl halides is 4. The lowest BCUT2D eigenvalue weighted by molar-refractivity contribution is -0.192. The van der Waals surface area contributed by atoms with Gasteiger partial charge in [0.2, 0.25) is 5.82 Å². The first kappa shape index (κ1) is 21.3. The van der Waals surface area contributed by atoms with Crippen LogP contribution in [0, 0.1) is 24.4 Å². The Kier molecular flexibility index (Phi) is 5.55. The van der Waals surface area contributed by atoms with Gasteiger partial charge in [-0.3, -0.25) is 0 Å². The zero-order chi connectivity index (χ0) is 22.1. The zero-order valence-electron chi connectivity index (χ0n) is 15.0. The molecule has 4 nitrogen and oxygen atoms in total. The SMILES string of the molecule is Cc1cnc(C(F)(F)Oc2ccc(C(F)(F)Oc3ccc(F)c(F)c3)c(F)c2)nc1. The first-order chi connectivity index (χ1) is 14.0. The molecule has 11 heteroatoms. The maximum absolute atomic E-state index is 14.2. The molecule has 0 bridgehead atoms. The van der Waals surface area contributed by atoms with Crippen molar-refractivity contribution in [3.8, 4) is 11.5 Å². The summed E-state index contributed by atoms with van der Waals surface area (Å²) < 4.78 is 105. The molecule has 1 heterocycles. The molecule has 0 fully saturated rings. The van der Waals surface area contributed by atoms with Crippen molar-refractivity contribution < 1.29 is 40.2 Å². The number of aryl methyl sites for hydroxylation is 1. The van der Waals surface area contributed by atoms with Gasteiger partial charge in [0.1, 0.15) is 22.9 Å². The molecule has 0 unspecified atom stereocenters. The minimum Gasteiger partial charge on any atom is -0.429 e. The smallest absolute Gasteiger partial charge is 0.429 e. The van der Waals surface area contributed by atoms with Gasteiger partial charge >= 0.3 is 12.2 Å². The lowest BCUT2D eigenvalue weighted by Gasteiger charge is -2.20. The lowest BCUT2D eigenvalue weighted by atomic mass is 10.2. The fourth-order valence-electron chi connectivity index (χ4n) is 2.28. The van der Waals surface area contributed by atoms with Crippen LogP contribution in [0.25, 0.3) is 0 Å². The average molecular weight is 432 g/mol. The molecule has 0 amide bonds. The molecule has 0 atom stereocenters. The Morgan fingerprint density at radius 2 is 1.23 bits per heavy atom. The highest BCUT2D eigenvalue weighted by Gasteiger charge is 2.41. The van der Waals surface area contributed by atoms with Gasteiger partial charge in [0.15, 0.2) is 11.6 Å². The molecule has 0 saturated heterocycles. The van der Waals surface area contributed by atoms with Gasteiger partial charge in [0.25, 0.3) is 0 Å². The Labute approximate surface area is 164 Å². The second-order valence-electron chi connectivity index (χ2n) is 6.04. The van der Waals surface area contributed by atoms with Crippen molar-refractivity contribution in [3.63, 3.8) is 0 Å². The summed E-state index contributed by atoms with van der Waals surface area (Å²) in [7, 11) is 0. The maximum Gasteiger partial charge on any atom is 0.462 e. The third-order valence-corrected chi connectivity index (χ3v) is 3.68. The fraction of sp³-hybridized carbons (Fsp3) is 0.158. The third kappa shape index (κ3) is 4.61. The van der Waals surface area contributed by atoms with Gasteiger partial charge in [-0.05, 0) is 36.8 Å². The van der Waals surface area contributed by atoms with Gasteiger partial charge < -0.3 is 9.47 Å². The summed E-state index contributed by atoms with van der Waals surface area (Å²) in [5.41, 5.74) is -0.831. The Bertz CT molecular complexity index is 1060. The summed E-state index contributed by atoms with van der Waals surface area (Å²) in [6, 6.07) is 3.01. The Balaban J connectivity index is 1.81. The third-order valence-electron chi connectivity index (χ3n) is 3.68. The van der Waals surface area contributed by atoms with E-state index in [1.54, 1.807) is 6.92 Å². The van der Waals surface area contributed by atoms with Crippen molar-refractivity contribution in [2.24, 2.45) is 0 Å². The Morgan fingerprint density at radius 1 is 0.700 bits per heavy atom. The van der Waals surface area contributed by atoms with Crippen LogP contribution in [0.5, 0.6) is 11.5 Å². The van der Waals surface area contributed by atoms with Crippen LogP contribution in [0.1, 0.15) is 17.0 Å². The first-order valence-electron chi connectivity index (χ1n) is 8.16. The number of hydrogen-bond acceptors (Lipinski definition) is 4. The van der Waals surface area contributed by atoms with Gasteiger partial charge in [-0.2, -0.15) is 17.6 Å². The normalized spacial score (nSPS) is 12.0. The molecule has 3 rings (SSSR count). The van der Waals surface area contributed by atoms with E-state index in [-0.39, 0.29) is 0 Å². The highest BCUT2D eigenvalue weighted by molar-refractivity contribution is 5.32. The summed E-state index contributed by atoms with van der Waals surface area (Å²) in [5, 5.41) is 0. The molecule has 3 aromatic rings. The molecule has 1 aromatic heterocycles. The molecule has 0 aliphatic rings. The van der Waals surface area contributed by atoms with E-state index in [4.69, 9.17) is 0 Å². The fourth-order valence-corrected chi connectivity index (χ4v) is 2.28. The predicted octanol–water partition coefficient (Wildman–Crippen LogP) is 5.46. The summed E-state index contributed by atoms with van der Waals surface area (Å²) in [6.45, 7) is 1.57. The van der Waals surface area contributed by atoms with Crippen LogP contribution in [-0.4, -0.2) is 9.97 Å². The van der Waals surface area contributed by atoms with Crippen LogP contribution in [0.4, 0.5) is 30.7 Å². The van der Waals surface area contributed by atoms with E-state index in [2.05, 4.69) is 19.4 Å². The average Bonchev–Trinajstić information content (AvgIpc) is 2.64. The van der Waals surface area contributed by atoms with Gasteiger partial charge in [-0.1, -0.05) is 0 Å². The number of ether oxygens (including phenoxy) is 2. The van der Waals surface area contributed by atoms with E-state index in [0.717, 1.165) is 12.4 Å². The number of hydrogen-bond donors (Lipinski definition) is 0. The number of nitrogens with zero attached hydrogens (tertiary/aromatic N) is 2. The van der Waals surface area contributed by atoms with Crippen LogP contribution in [0.3, 0.4) is 0 Å². The Morgan fingerprint density at radius 3 is 1.80 bits per heavy atom. The van der Waals surface area contributed by atoms with E-state index in [1.165, 1.54) is 0 Å². The second kappa shape index (κ2) is 7.81. The molecule has 0 N–H and O–H groups in total. The second-order valence-corrected chi connectivity index (χ2v) is 6.04. The summed E-state index contributed by atoms with van der Waals surface area (Å²) in [6.07, 6.45) is -6.17. The van der Waals surface area contributed by atoms with Crippen molar-refractivity contribution in [2.75, 3.05) is 0 Å². The zero-order valence-corrected chi connectivity index (χ0v) is 15.0. The monoisotopic (exact) mass is 432 g/mol. The molecule has 0 aliphatic carbocycles. The van der Waals surface area contributed by atoms with Crippen LogP contribution in [0.2, 0.25) is 0 Å². The topological polar surface area (TPSA) is 44.2 Å². The van der Waals surface area contributed by atoms with Crippen molar-refractivity contribution in [2.45, 2.75) is 19.1 Å². The number of benzene rings is 2. The molecule has 0 spiro atoms. The highest BCUT2D eigenvalue weighted by atomic mass is 19.3. The van der Waals surface area contributed by atoms with Crippen LogP contribution >= 0.6 is 0 Å². The van der Waals surface area contributed by atoms with E-state index in [1.807, 2.05) is 0 Å². The standard InChI is InChI=1S/C19H11F7N2O2/c1-10-8-27-17(28-9-10)19(25,26)30-11-2-4-13(15(21)6-11)18(23,24)29-12-3-5-14(20)16(22)7-12/h2-9H,1H3. The van der Waals surface area contributed by atoms with Crippen LogP contribution < -0.4 is 9.47 Å². The largest absolute Gasteiger partial charge is 0.462 e. The number of halogens is 7. The minimum atomic E-state index is -4.32. The summed E-state index contributed by atoms with van der Waals surface area (Å²) in [4.78, 5) is 6.82. The lowest BCUT2D eigenvalue weighted by Crippen LogP contribution is -2.26. The van der Waals surface area contributed by atoms with Crippen molar-refractivity contribution in [1.29, 1.82) is 0 Å². The minimum absolute atomic E-state index is 0.292. The van der Waals surface area contributed by atoms with Gasteiger partial charge in [0.05, 0.1) is 0 Å². The van der Waals surface area contributed by atoms with Crippen LogP contribution in [0.15, 0.2) is 48.8 Å². The molecule has 0 aliphatic heterocycles. The van der Waals surface area contributed by atoms with Gasteiger partial charge in [-0.15, -0.1) is 0 Å². The quantitative estimate of drug-likeness (QED) is 0.486. The molecular weight excluding hydrogens is 421 g/mol. The predicted molar refractivity (Wildman–Crippen MR) is 88.6 cm³/mol. The van der Waals surface area contributed by atoms with E-state index < -0.39 is 52.6 Å². The van der Waals surface area contributed by atoms with Crippen molar-refractivity contribution in [3.05, 3.63) is 83.2 Å². The molecule has 2 aromatic carbocycles. The van der Waals surface area contributed by atoms with E-state index >= 15 is 0 Å². The number of rotatable bonds is 6. The molecular formula is C19H11F7N2O2. The summed E-state index contributed by atoms with van der Waals surface area (Å²) in [5.74, 6) is -6.95. The summed E-state index contributed by atoms with van der Waals surface area (Å²) >= 11 is 0. The molecule has 30 heavy (non-hydrogen) atoms. The van der Waals surface area contributed by atoms with Gasteiger partial charge in [-0.25, -0.2) is 23.1 Å². The highest BCUT2D eigenvalue weighted by Crippen LogP contribution is 2.36. The molecule has 0 saturated carbocycles. The van der Waals surface area contributed by atoms with E-state index in [9.17, 15) is 30.7 Å². The molecule has 158 valence electrons. The van der Waals surface area contributed by atoms with Crippen LogP contribution in [-0.2, 0) is 12.2 Å².